The normalized spacial score (nSPS) is 21.2. The van der Waals surface area contributed by atoms with E-state index >= 15 is 0 Å². The Hall–Kier alpha value is -1.55. The average molecular weight is 323 g/mol. The van der Waals surface area contributed by atoms with Crippen molar-refractivity contribution in [2.75, 3.05) is 6.54 Å². The number of amides is 2. The molecule has 0 bridgehead atoms. The molecule has 1 aromatic rings. The van der Waals surface area contributed by atoms with Gasteiger partial charge in [0.15, 0.2) is 0 Å². The Balaban J connectivity index is 1.70. The Morgan fingerprint density at radius 2 is 1.86 bits per heavy atom. The van der Waals surface area contributed by atoms with Gasteiger partial charge in [-0.15, -0.1) is 0 Å². The summed E-state index contributed by atoms with van der Waals surface area (Å²) in [4.78, 5) is 23.8. The number of benzene rings is 1. The lowest BCUT2D eigenvalue weighted by Crippen LogP contribution is -2.42. The molecule has 120 valence electrons. The van der Waals surface area contributed by atoms with Gasteiger partial charge in [-0.05, 0) is 43.0 Å². The summed E-state index contributed by atoms with van der Waals surface area (Å²) in [5.74, 6) is 0.368. The summed E-state index contributed by atoms with van der Waals surface area (Å²) in [6.07, 6.45) is 4.98. The molecule has 5 heteroatoms. The van der Waals surface area contributed by atoms with E-state index in [1.165, 1.54) is 19.3 Å². The monoisotopic (exact) mass is 322 g/mol. The van der Waals surface area contributed by atoms with Gasteiger partial charge in [0.25, 0.3) is 5.91 Å². The van der Waals surface area contributed by atoms with Gasteiger partial charge in [0.1, 0.15) is 0 Å². The molecule has 0 aliphatic heterocycles. The van der Waals surface area contributed by atoms with Crippen LogP contribution in [0, 0.1) is 5.92 Å². The maximum absolute atomic E-state index is 11.9. The number of hydrogen-bond donors (Lipinski definition) is 2. The molecule has 0 spiro atoms. The summed E-state index contributed by atoms with van der Waals surface area (Å²) >= 11 is 5.78. The molecule has 0 aromatic heterocycles. The highest BCUT2D eigenvalue weighted by atomic mass is 35.5. The van der Waals surface area contributed by atoms with Crippen molar-refractivity contribution in [3.8, 4) is 0 Å². The van der Waals surface area contributed by atoms with E-state index in [1.807, 2.05) is 0 Å². The topological polar surface area (TPSA) is 58.2 Å². The van der Waals surface area contributed by atoms with Gasteiger partial charge >= 0.3 is 0 Å². The Kier molecular flexibility index (Phi) is 6.25. The van der Waals surface area contributed by atoms with Crippen LogP contribution >= 0.6 is 11.6 Å². The first-order chi connectivity index (χ1) is 10.6. The van der Waals surface area contributed by atoms with Crippen LogP contribution in [0.2, 0.25) is 5.02 Å². The molecule has 0 unspecified atom stereocenters. The maximum atomic E-state index is 11.9. The Morgan fingerprint density at radius 1 is 1.18 bits per heavy atom. The Morgan fingerprint density at radius 3 is 2.55 bits per heavy atom. The van der Waals surface area contributed by atoms with E-state index in [-0.39, 0.29) is 17.9 Å². The fraction of sp³-hybridized carbons (Fsp3) is 0.529. The van der Waals surface area contributed by atoms with E-state index in [9.17, 15) is 9.59 Å². The molecule has 0 heterocycles. The fourth-order valence-corrected chi connectivity index (χ4v) is 2.93. The Bertz CT molecular complexity index is 516. The summed E-state index contributed by atoms with van der Waals surface area (Å²) in [6.45, 7) is 2.53. The number of hydrogen-bond acceptors (Lipinski definition) is 2. The molecular weight excluding hydrogens is 300 g/mol. The molecule has 2 amide bonds. The first-order valence-electron chi connectivity index (χ1n) is 7.89. The Labute approximate surface area is 136 Å². The van der Waals surface area contributed by atoms with Crippen molar-refractivity contribution in [3.05, 3.63) is 34.9 Å². The minimum Gasteiger partial charge on any atom is -0.353 e. The molecule has 2 atom stereocenters. The molecule has 4 nitrogen and oxygen atoms in total. The maximum Gasteiger partial charge on any atom is 0.251 e. The summed E-state index contributed by atoms with van der Waals surface area (Å²) in [5.41, 5.74) is 0.547. The molecule has 1 fully saturated rings. The lowest BCUT2D eigenvalue weighted by molar-refractivity contribution is -0.122. The second-order valence-corrected chi connectivity index (χ2v) is 6.38. The molecule has 0 radical (unpaired) electrons. The van der Waals surface area contributed by atoms with Crippen LogP contribution in [0.1, 0.15) is 49.4 Å². The fourth-order valence-electron chi connectivity index (χ4n) is 2.80. The first kappa shape index (κ1) is 16.8. The standard InChI is InChI=1S/C17H23ClN2O2/c1-12-4-2-3-5-15(12)20-16(21)10-11-19-17(22)13-6-8-14(18)9-7-13/h6-9,12,15H,2-5,10-11H2,1H3,(H,19,22)(H,20,21)/t12-,15+/m1/s1. The van der Waals surface area contributed by atoms with Crippen LogP contribution in [0.15, 0.2) is 24.3 Å². The number of rotatable bonds is 5. The van der Waals surface area contributed by atoms with E-state index in [4.69, 9.17) is 11.6 Å². The molecule has 1 aromatic carbocycles. The van der Waals surface area contributed by atoms with Crippen LogP contribution in [-0.4, -0.2) is 24.4 Å². The van der Waals surface area contributed by atoms with E-state index < -0.39 is 0 Å². The SMILES string of the molecule is C[C@@H]1CCCC[C@@H]1NC(=O)CCNC(=O)c1ccc(Cl)cc1. The summed E-state index contributed by atoms with van der Waals surface area (Å²) in [5, 5.41) is 6.43. The summed E-state index contributed by atoms with van der Waals surface area (Å²) in [7, 11) is 0. The van der Waals surface area contributed by atoms with Crippen molar-refractivity contribution in [1.82, 2.24) is 10.6 Å². The minimum absolute atomic E-state index is 0.00940. The van der Waals surface area contributed by atoms with Gasteiger partial charge in [-0.2, -0.15) is 0 Å². The molecular formula is C17H23ClN2O2. The zero-order valence-electron chi connectivity index (χ0n) is 12.9. The van der Waals surface area contributed by atoms with E-state index in [1.54, 1.807) is 24.3 Å². The highest BCUT2D eigenvalue weighted by Crippen LogP contribution is 2.23. The van der Waals surface area contributed by atoms with Crippen molar-refractivity contribution in [3.63, 3.8) is 0 Å². The van der Waals surface area contributed by atoms with Crippen LogP contribution < -0.4 is 10.6 Å². The predicted molar refractivity (Wildman–Crippen MR) is 88.0 cm³/mol. The number of carbonyl (C=O) groups is 2. The highest BCUT2D eigenvalue weighted by molar-refractivity contribution is 6.30. The minimum atomic E-state index is -0.185. The number of halogens is 1. The summed E-state index contributed by atoms with van der Waals surface area (Å²) in [6, 6.07) is 6.97. The van der Waals surface area contributed by atoms with Crippen LogP contribution in [0.4, 0.5) is 0 Å². The van der Waals surface area contributed by atoms with Crippen LogP contribution in [0.25, 0.3) is 0 Å². The third kappa shape index (κ3) is 5.02. The predicted octanol–water partition coefficient (Wildman–Crippen LogP) is 3.15. The smallest absolute Gasteiger partial charge is 0.251 e. The third-order valence-corrected chi connectivity index (χ3v) is 4.45. The van der Waals surface area contributed by atoms with Crippen molar-refractivity contribution < 1.29 is 9.59 Å². The van der Waals surface area contributed by atoms with Gasteiger partial charge in [0, 0.05) is 29.6 Å². The highest BCUT2D eigenvalue weighted by Gasteiger charge is 2.22. The second-order valence-electron chi connectivity index (χ2n) is 5.95. The number of carbonyl (C=O) groups excluding carboxylic acids is 2. The molecule has 1 aliphatic rings. The van der Waals surface area contributed by atoms with Crippen LogP contribution in [0.5, 0.6) is 0 Å². The van der Waals surface area contributed by atoms with E-state index in [0.29, 0.717) is 29.5 Å². The zero-order valence-corrected chi connectivity index (χ0v) is 13.7. The lowest BCUT2D eigenvalue weighted by atomic mass is 9.86. The third-order valence-electron chi connectivity index (χ3n) is 4.20. The average Bonchev–Trinajstić information content (AvgIpc) is 2.50. The first-order valence-corrected chi connectivity index (χ1v) is 8.27. The summed E-state index contributed by atoms with van der Waals surface area (Å²) < 4.78 is 0. The largest absolute Gasteiger partial charge is 0.353 e. The quantitative estimate of drug-likeness (QED) is 0.875. The van der Waals surface area contributed by atoms with Gasteiger partial charge in [0.05, 0.1) is 0 Å². The molecule has 0 saturated heterocycles. The van der Waals surface area contributed by atoms with Crippen molar-refractivity contribution in [1.29, 1.82) is 0 Å². The molecule has 22 heavy (non-hydrogen) atoms. The van der Waals surface area contributed by atoms with Crippen LogP contribution in [0.3, 0.4) is 0 Å². The van der Waals surface area contributed by atoms with E-state index in [0.717, 1.165) is 6.42 Å². The van der Waals surface area contributed by atoms with Gasteiger partial charge < -0.3 is 10.6 Å². The molecule has 2 rings (SSSR count). The van der Waals surface area contributed by atoms with Crippen molar-refractivity contribution in [2.24, 2.45) is 5.92 Å². The number of nitrogens with one attached hydrogen (secondary N) is 2. The lowest BCUT2D eigenvalue weighted by Gasteiger charge is -2.29. The van der Waals surface area contributed by atoms with Gasteiger partial charge in [-0.3, -0.25) is 9.59 Å². The van der Waals surface area contributed by atoms with E-state index in [2.05, 4.69) is 17.6 Å². The molecule has 2 N–H and O–H groups in total. The van der Waals surface area contributed by atoms with Crippen molar-refractivity contribution >= 4 is 23.4 Å². The van der Waals surface area contributed by atoms with Gasteiger partial charge in [-0.1, -0.05) is 31.4 Å². The van der Waals surface area contributed by atoms with Crippen LogP contribution in [-0.2, 0) is 4.79 Å². The zero-order chi connectivity index (χ0) is 15.9. The molecule has 1 saturated carbocycles. The second kappa shape index (κ2) is 8.18. The van der Waals surface area contributed by atoms with Gasteiger partial charge in [0.2, 0.25) is 5.91 Å². The van der Waals surface area contributed by atoms with Gasteiger partial charge in [-0.25, -0.2) is 0 Å². The van der Waals surface area contributed by atoms with Crippen molar-refractivity contribution in [2.45, 2.75) is 45.1 Å². The molecule has 1 aliphatic carbocycles.